The van der Waals surface area contributed by atoms with Gasteiger partial charge in [0, 0.05) is 6.54 Å². The van der Waals surface area contributed by atoms with Crippen molar-refractivity contribution in [2.24, 2.45) is 11.3 Å². The Morgan fingerprint density at radius 3 is 2.54 bits per heavy atom. The molecule has 13 heavy (non-hydrogen) atoms. The fraction of sp³-hybridized carbons (Fsp3) is 0.900. The van der Waals surface area contributed by atoms with Gasteiger partial charge in [0.15, 0.2) is 0 Å². The zero-order valence-electron chi connectivity index (χ0n) is 8.47. The molecule has 0 atom stereocenters. The fourth-order valence-corrected chi connectivity index (χ4v) is 1.83. The average molecular weight is 185 g/mol. The van der Waals surface area contributed by atoms with Crippen molar-refractivity contribution in [2.45, 2.75) is 33.1 Å². The van der Waals surface area contributed by atoms with Gasteiger partial charge in [-0.2, -0.15) is 0 Å². The van der Waals surface area contributed by atoms with Gasteiger partial charge in [-0.3, -0.25) is 4.79 Å². The van der Waals surface area contributed by atoms with Gasteiger partial charge in [-0.05, 0) is 24.2 Å². The quantitative estimate of drug-likeness (QED) is 0.682. The third-order valence-electron chi connectivity index (χ3n) is 3.07. The molecule has 0 aromatic heterocycles. The third-order valence-corrected chi connectivity index (χ3v) is 3.07. The van der Waals surface area contributed by atoms with Crippen LogP contribution in [0.3, 0.4) is 0 Å². The molecule has 1 aliphatic carbocycles. The normalized spacial score (nSPS) is 18.3. The van der Waals surface area contributed by atoms with Crippen LogP contribution in [-0.4, -0.2) is 24.2 Å². The zero-order chi connectivity index (χ0) is 9.90. The fourth-order valence-electron chi connectivity index (χ4n) is 1.83. The number of rotatable bonds is 5. The van der Waals surface area contributed by atoms with Crippen molar-refractivity contribution in [1.29, 1.82) is 0 Å². The Kier molecular flexibility index (Phi) is 3.31. The summed E-state index contributed by atoms with van der Waals surface area (Å²) in [5.74, 6) is 0.0122. The number of aliphatic carboxylic acids is 1. The molecule has 0 aromatic rings. The van der Waals surface area contributed by atoms with Crippen molar-refractivity contribution in [2.75, 3.05) is 13.1 Å². The lowest BCUT2D eigenvalue weighted by molar-refractivity contribution is -0.136. The minimum Gasteiger partial charge on any atom is -0.480 e. The minimum absolute atomic E-state index is 0.0795. The maximum atomic E-state index is 10.3. The van der Waals surface area contributed by atoms with Gasteiger partial charge < -0.3 is 10.4 Å². The highest BCUT2D eigenvalue weighted by Gasteiger charge is 2.33. The Labute approximate surface area is 79.5 Å². The topological polar surface area (TPSA) is 49.3 Å². The lowest BCUT2D eigenvalue weighted by Crippen LogP contribution is -2.40. The molecule has 0 heterocycles. The summed E-state index contributed by atoms with van der Waals surface area (Å²) in [6.07, 6.45) is 3.95. The summed E-state index contributed by atoms with van der Waals surface area (Å²) in [6, 6.07) is 0. The molecule has 76 valence electrons. The molecule has 0 saturated heterocycles. The van der Waals surface area contributed by atoms with Crippen LogP contribution in [0, 0.1) is 11.3 Å². The standard InChI is InChI=1S/C10H19NO2/c1-10(2,8-4-3-5-8)7-11-6-9(12)13/h8,11H,3-7H2,1-2H3,(H,12,13). The Balaban J connectivity index is 2.21. The van der Waals surface area contributed by atoms with E-state index in [-0.39, 0.29) is 12.0 Å². The Bertz CT molecular complexity index is 185. The molecular weight excluding hydrogens is 166 g/mol. The van der Waals surface area contributed by atoms with Crippen LogP contribution in [0.15, 0.2) is 0 Å². The maximum Gasteiger partial charge on any atom is 0.317 e. The summed E-state index contributed by atoms with van der Waals surface area (Å²) in [4.78, 5) is 10.3. The summed E-state index contributed by atoms with van der Waals surface area (Å²) in [7, 11) is 0. The monoisotopic (exact) mass is 185 g/mol. The second-order valence-corrected chi connectivity index (χ2v) is 4.61. The molecule has 3 nitrogen and oxygen atoms in total. The smallest absolute Gasteiger partial charge is 0.317 e. The summed E-state index contributed by atoms with van der Waals surface area (Å²) < 4.78 is 0. The molecular formula is C10H19NO2. The van der Waals surface area contributed by atoms with Crippen molar-refractivity contribution >= 4 is 5.97 Å². The molecule has 0 bridgehead atoms. The van der Waals surface area contributed by atoms with E-state index >= 15 is 0 Å². The van der Waals surface area contributed by atoms with Gasteiger partial charge in [-0.15, -0.1) is 0 Å². The summed E-state index contributed by atoms with van der Waals surface area (Å²) in [5, 5.41) is 11.4. The summed E-state index contributed by atoms with van der Waals surface area (Å²) in [6.45, 7) is 5.32. The van der Waals surface area contributed by atoms with Crippen molar-refractivity contribution in [3.05, 3.63) is 0 Å². The number of hydrogen-bond acceptors (Lipinski definition) is 2. The zero-order valence-corrected chi connectivity index (χ0v) is 8.47. The molecule has 1 fully saturated rings. The highest BCUT2D eigenvalue weighted by atomic mass is 16.4. The lowest BCUT2D eigenvalue weighted by Gasteiger charge is -2.40. The van der Waals surface area contributed by atoms with E-state index < -0.39 is 5.97 Å². The Morgan fingerprint density at radius 1 is 1.54 bits per heavy atom. The van der Waals surface area contributed by atoms with Crippen molar-refractivity contribution < 1.29 is 9.90 Å². The molecule has 0 radical (unpaired) electrons. The van der Waals surface area contributed by atoms with Crippen molar-refractivity contribution in [1.82, 2.24) is 5.32 Å². The molecule has 3 heteroatoms. The van der Waals surface area contributed by atoms with Gasteiger partial charge in [0.2, 0.25) is 0 Å². The van der Waals surface area contributed by atoms with E-state index in [1.165, 1.54) is 19.3 Å². The molecule has 1 aliphatic rings. The number of hydrogen-bond donors (Lipinski definition) is 2. The van der Waals surface area contributed by atoms with Gasteiger partial charge in [0.25, 0.3) is 0 Å². The first kappa shape index (κ1) is 10.5. The van der Waals surface area contributed by atoms with Gasteiger partial charge >= 0.3 is 5.97 Å². The third kappa shape index (κ3) is 2.99. The van der Waals surface area contributed by atoms with E-state index in [0.717, 1.165) is 12.5 Å². The lowest BCUT2D eigenvalue weighted by atomic mass is 9.67. The van der Waals surface area contributed by atoms with E-state index in [1.54, 1.807) is 0 Å². The van der Waals surface area contributed by atoms with Crippen LogP contribution in [0.4, 0.5) is 0 Å². The molecule has 0 amide bonds. The first-order valence-corrected chi connectivity index (χ1v) is 4.95. The molecule has 1 saturated carbocycles. The van der Waals surface area contributed by atoms with Crippen LogP contribution in [0.1, 0.15) is 33.1 Å². The van der Waals surface area contributed by atoms with Gasteiger partial charge in [-0.1, -0.05) is 20.3 Å². The second kappa shape index (κ2) is 4.09. The van der Waals surface area contributed by atoms with E-state index in [4.69, 9.17) is 5.11 Å². The van der Waals surface area contributed by atoms with Crippen LogP contribution >= 0.6 is 0 Å². The van der Waals surface area contributed by atoms with Crippen LogP contribution in [0.25, 0.3) is 0 Å². The number of carbonyl (C=O) groups is 1. The van der Waals surface area contributed by atoms with Crippen LogP contribution in [0.2, 0.25) is 0 Å². The highest BCUT2D eigenvalue weighted by Crippen LogP contribution is 2.40. The Morgan fingerprint density at radius 2 is 2.15 bits per heavy atom. The van der Waals surface area contributed by atoms with Crippen LogP contribution in [-0.2, 0) is 4.79 Å². The van der Waals surface area contributed by atoms with E-state index in [0.29, 0.717) is 0 Å². The molecule has 0 spiro atoms. The second-order valence-electron chi connectivity index (χ2n) is 4.61. The van der Waals surface area contributed by atoms with Gasteiger partial charge in [0.05, 0.1) is 6.54 Å². The largest absolute Gasteiger partial charge is 0.480 e. The average Bonchev–Trinajstić information content (AvgIpc) is 1.79. The Hall–Kier alpha value is -0.570. The van der Waals surface area contributed by atoms with E-state index in [2.05, 4.69) is 19.2 Å². The minimum atomic E-state index is -0.774. The summed E-state index contributed by atoms with van der Waals surface area (Å²) in [5.41, 5.74) is 0.258. The number of carboxylic acid groups (broad SMARTS) is 1. The van der Waals surface area contributed by atoms with Crippen molar-refractivity contribution in [3.8, 4) is 0 Å². The number of carboxylic acids is 1. The molecule has 2 N–H and O–H groups in total. The van der Waals surface area contributed by atoms with Crippen molar-refractivity contribution in [3.63, 3.8) is 0 Å². The molecule has 1 rings (SSSR count). The van der Waals surface area contributed by atoms with Crippen LogP contribution in [0.5, 0.6) is 0 Å². The first-order valence-electron chi connectivity index (χ1n) is 4.95. The van der Waals surface area contributed by atoms with Gasteiger partial charge in [-0.25, -0.2) is 0 Å². The molecule has 0 unspecified atom stereocenters. The first-order chi connectivity index (χ1) is 6.02. The molecule has 0 aromatic carbocycles. The van der Waals surface area contributed by atoms with Gasteiger partial charge in [0.1, 0.15) is 0 Å². The predicted molar refractivity (Wildman–Crippen MR) is 51.6 cm³/mol. The molecule has 0 aliphatic heterocycles. The SMILES string of the molecule is CC(C)(CNCC(=O)O)C1CCC1. The maximum absolute atomic E-state index is 10.3. The number of nitrogens with one attached hydrogen (secondary N) is 1. The van der Waals surface area contributed by atoms with E-state index in [1.807, 2.05) is 0 Å². The van der Waals surface area contributed by atoms with Crippen LogP contribution < -0.4 is 5.32 Å². The van der Waals surface area contributed by atoms with E-state index in [9.17, 15) is 4.79 Å². The summed E-state index contributed by atoms with van der Waals surface area (Å²) >= 11 is 0. The predicted octanol–water partition coefficient (Wildman–Crippen LogP) is 1.49. The highest BCUT2D eigenvalue weighted by molar-refractivity contribution is 5.68.